The number of rotatable bonds is 2. The van der Waals surface area contributed by atoms with Gasteiger partial charge in [-0.05, 0) is 53.0 Å². The lowest BCUT2D eigenvalue weighted by Gasteiger charge is -2.37. The van der Waals surface area contributed by atoms with Gasteiger partial charge in [0.2, 0.25) is 5.82 Å². The Hall–Kier alpha value is -1.73. The van der Waals surface area contributed by atoms with Crippen molar-refractivity contribution in [2.45, 2.75) is 0 Å². The lowest BCUT2D eigenvalue weighted by Crippen LogP contribution is -2.53. The summed E-state index contributed by atoms with van der Waals surface area (Å²) in [5.41, 5.74) is -0.752. The number of carbonyl (C=O) groups excluding carboxylic acids is 1. The summed E-state index contributed by atoms with van der Waals surface area (Å²) < 4.78 is 68.9. The van der Waals surface area contributed by atoms with E-state index in [1.54, 1.807) is 23.1 Å². The molecule has 4 nitrogen and oxygen atoms in total. The zero-order valence-electron chi connectivity index (χ0n) is 14.9. The fourth-order valence-corrected chi connectivity index (χ4v) is 3.89. The third-order valence-corrected chi connectivity index (χ3v) is 5.82. The number of amides is 1. The van der Waals surface area contributed by atoms with Gasteiger partial charge in [-0.3, -0.25) is 10.1 Å². The number of hydrogen-bond donors (Lipinski definition) is 1. The van der Waals surface area contributed by atoms with Gasteiger partial charge in [-0.15, -0.1) is 0 Å². The van der Waals surface area contributed by atoms with Gasteiger partial charge in [0.15, 0.2) is 28.4 Å². The van der Waals surface area contributed by atoms with Gasteiger partial charge in [0, 0.05) is 29.7 Å². The van der Waals surface area contributed by atoms with E-state index in [2.05, 4.69) is 5.32 Å². The molecule has 3 rings (SSSR count). The van der Waals surface area contributed by atoms with Gasteiger partial charge in [0.25, 0.3) is 5.91 Å². The first kappa shape index (κ1) is 22.9. The van der Waals surface area contributed by atoms with E-state index in [0.717, 1.165) is 8.47 Å². The number of hydrogen-bond acceptors (Lipinski definition) is 3. The third kappa shape index (κ3) is 4.47. The molecule has 1 aliphatic rings. The van der Waals surface area contributed by atoms with Gasteiger partial charge in [-0.2, -0.15) is 0 Å². The van der Waals surface area contributed by atoms with Crippen LogP contribution in [-0.2, 0) is 0 Å². The van der Waals surface area contributed by atoms with Gasteiger partial charge in [0.1, 0.15) is 5.69 Å². The number of nitrogens with one attached hydrogen (secondary N) is 1. The molecular formula is C18H12ClF5IN3OS. The molecule has 1 fully saturated rings. The molecule has 160 valence electrons. The van der Waals surface area contributed by atoms with Crippen LogP contribution in [0.25, 0.3) is 0 Å². The highest BCUT2D eigenvalue weighted by atomic mass is 127. The topological polar surface area (TPSA) is 35.6 Å². The first-order chi connectivity index (χ1) is 14.1. The Bertz CT molecular complexity index is 1000. The summed E-state index contributed by atoms with van der Waals surface area (Å²) in [6, 6.07) is 4.89. The summed E-state index contributed by atoms with van der Waals surface area (Å²) in [6.45, 7) is 0.0496. The molecule has 1 N–H and O–H groups in total. The standard InChI is InChI=1S/C18H12ClF5IN3OS/c19-10-2-1-8(25)7-9(10)17(29)26-18(30)28-5-3-27(4-6-28)16-14(23)12(21)11(20)13(22)15(16)24/h1-2,7H,3-6H2,(H,26,29,30). The predicted molar refractivity (Wildman–Crippen MR) is 114 cm³/mol. The van der Waals surface area contributed by atoms with Crippen LogP contribution in [-0.4, -0.2) is 42.1 Å². The molecule has 12 heteroatoms. The monoisotopic (exact) mass is 575 g/mol. The SMILES string of the molecule is O=C(NC(=S)N1CCN(c2c(F)c(F)c(F)c(F)c2F)CC1)c1cc(I)ccc1Cl. The molecule has 1 amide bonds. The normalized spacial score (nSPS) is 14.1. The minimum atomic E-state index is -2.20. The minimum Gasteiger partial charge on any atom is -0.363 e. The maximum absolute atomic E-state index is 14.0. The van der Waals surface area contributed by atoms with E-state index in [1.807, 2.05) is 22.6 Å². The molecule has 0 aliphatic carbocycles. The van der Waals surface area contributed by atoms with Crippen molar-refractivity contribution in [2.75, 3.05) is 31.1 Å². The van der Waals surface area contributed by atoms with E-state index in [4.69, 9.17) is 23.8 Å². The third-order valence-electron chi connectivity index (χ3n) is 4.46. The summed E-state index contributed by atoms with van der Waals surface area (Å²) in [5, 5.41) is 2.84. The van der Waals surface area contributed by atoms with Gasteiger partial charge in [0.05, 0.1) is 10.6 Å². The summed E-state index contributed by atoms with van der Waals surface area (Å²) >= 11 is 13.3. The van der Waals surface area contributed by atoms with Crippen molar-refractivity contribution >= 4 is 63.1 Å². The fourth-order valence-electron chi connectivity index (χ4n) is 2.92. The van der Waals surface area contributed by atoms with E-state index >= 15 is 0 Å². The van der Waals surface area contributed by atoms with Crippen LogP contribution >= 0.6 is 46.4 Å². The second kappa shape index (κ2) is 9.18. The number of benzene rings is 2. The van der Waals surface area contributed by atoms with Gasteiger partial charge >= 0.3 is 0 Å². The van der Waals surface area contributed by atoms with E-state index < -0.39 is 40.7 Å². The Labute approximate surface area is 192 Å². The van der Waals surface area contributed by atoms with Crippen molar-refractivity contribution in [3.05, 3.63) is 61.4 Å². The first-order valence-corrected chi connectivity index (χ1v) is 10.3. The minimum absolute atomic E-state index is 0.0620. The van der Waals surface area contributed by atoms with Crippen molar-refractivity contribution in [1.29, 1.82) is 0 Å². The molecule has 1 heterocycles. The number of nitrogens with zero attached hydrogens (tertiary/aromatic N) is 2. The number of carbonyl (C=O) groups is 1. The largest absolute Gasteiger partial charge is 0.363 e. The summed E-state index contributed by atoms with van der Waals surface area (Å²) in [6.07, 6.45) is 0. The molecule has 1 aliphatic heterocycles. The van der Waals surface area contributed by atoms with E-state index in [1.165, 1.54) is 0 Å². The molecule has 2 aromatic rings. The Balaban J connectivity index is 1.68. The second-order valence-corrected chi connectivity index (χ2v) is 8.32. The van der Waals surface area contributed by atoms with E-state index in [0.29, 0.717) is 0 Å². The van der Waals surface area contributed by atoms with Crippen LogP contribution in [0.3, 0.4) is 0 Å². The molecule has 0 saturated carbocycles. The highest BCUT2D eigenvalue weighted by molar-refractivity contribution is 14.1. The summed E-state index contributed by atoms with van der Waals surface area (Å²) in [7, 11) is 0. The lowest BCUT2D eigenvalue weighted by molar-refractivity contribution is 0.0973. The maximum atomic E-state index is 14.0. The van der Waals surface area contributed by atoms with Crippen molar-refractivity contribution in [1.82, 2.24) is 10.2 Å². The smallest absolute Gasteiger partial charge is 0.258 e. The number of piperazine rings is 1. The van der Waals surface area contributed by atoms with E-state index in [9.17, 15) is 26.7 Å². The van der Waals surface area contributed by atoms with Crippen LogP contribution in [0, 0.1) is 32.7 Å². The zero-order valence-corrected chi connectivity index (χ0v) is 18.6. The maximum Gasteiger partial charge on any atom is 0.258 e. The van der Waals surface area contributed by atoms with Crippen LogP contribution < -0.4 is 10.2 Å². The molecule has 0 atom stereocenters. The number of anilines is 1. The molecule has 0 radical (unpaired) electrons. The molecule has 0 unspecified atom stereocenters. The number of thiocarbonyl (C=S) groups is 1. The highest BCUT2D eigenvalue weighted by Gasteiger charge is 2.31. The van der Waals surface area contributed by atoms with Crippen molar-refractivity contribution in [3.63, 3.8) is 0 Å². The van der Waals surface area contributed by atoms with Crippen LogP contribution in [0.2, 0.25) is 5.02 Å². The van der Waals surface area contributed by atoms with Gasteiger partial charge in [-0.1, -0.05) is 11.6 Å². The summed E-state index contributed by atoms with van der Waals surface area (Å²) in [5.74, 6) is -10.5. The lowest BCUT2D eigenvalue weighted by atomic mass is 10.2. The first-order valence-electron chi connectivity index (χ1n) is 8.43. The quantitative estimate of drug-likeness (QED) is 0.188. The molecule has 0 spiro atoms. The number of halogens is 7. The molecule has 2 aromatic carbocycles. The van der Waals surface area contributed by atoms with Crippen LogP contribution in [0.5, 0.6) is 0 Å². The van der Waals surface area contributed by atoms with Crippen molar-refractivity contribution in [3.8, 4) is 0 Å². The molecule has 0 aromatic heterocycles. The fraction of sp³-hybridized carbons (Fsp3) is 0.222. The Kier molecular flexibility index (Phi) is 7.02. The average Bonchev–Trinajstić information content (AvgIpc) is 2.73. The predicted octanol–water partition coefficient (Wildman–Crippen LogP) is 4.48. The van der Waals surface area contributed by atoms with Gasteiger partial charge < -0.3 is 9.80 Å². The van der Waals surface area contributed by atoms with Crippen LogP contribution in [0.4, 0.5) is 27.6 Å². The van der Waals surface area contributed by atoms with Crippen LogP contribution in [0.1, 0.15) is 10.4 Å². The van der Waals surface area contributed by atoms with Crippen molar-refractivity contribution < 1.29 is 26.7 Å². The molecule has 30 heavy (non-hydrogen) atoms. The van der Waals surface area contributed by atoms with Crippen LogP contribution in [0.15, 0.2) is 18.2 Å². The van der Waals surface area contributed by atoms with E-state index in [-0.39, 0.29) is 41.9 Å². The summed E-state index contributed by atoms with van der Waals surface area (Å²) in [4.78, 5) is 15.0. The Morgan fingerprint density at radius 2 is 1.50 bits per heavy atom. The second-order valence-electron chi connectivity index (χ2n) is 6.28. The van der Waals surface area contributed by atoms with Gasteiger partial charge in [-0.25, -0.2) is 22.0 Å². The molecule has 0 bridgehead atoms. The molecule has 1 saturated heterocycles. The Morgan fingerprint density at radius 1 is 0.967 bits per heavy atom. The average molecular weight is 576 g/mol. The Morgan fingerprint density at radius 3 is 2.07 bits per heavy atom. The molecular weight excluding hydrogens is 564 g/mol. The zero-order chi connectivity index (χ0) is 22.2. The van der Waals surface area contributed by atoms with Crippen molar-refractivity contribution in [2.24, 2.45) is 0 Å². The highest BCUT2D eigenvalue weighted by Crippen LogP contribution is 2.30.